The number of benzene rings is 1. The predicted octanol–water partition coefficient (Wildman–Crippen LogP) is 3.93. The maximum Gasteiger partial charge on any atom is 0.169 e. The molecule has 2 aromatic heterocycles. The summed E-state index contributed by atoms with van der Waals surface area (Å²) in [4.78, 5) is 11.5. The molecule has 4 nitrogen and oxygen atoms in total. The summed E-state index contributed by atoms with van der Waals surface area (Å²) in [6.45, 7) is 4.59. The fourth-order valence-electron chi connectivity index (χ4n) is 2.20. The number of thiophene rings is 1. The molecule has 0 fully saturated rings. The first-order valence-corrected chi connectivity index (χ1v) is 7.63. The summed E-state index contributed by atoms with van der Waals surface area (Å²) in [6.07, 6.45) is 0. The molecular formula is C16H17N3OS. The number of aromatic nitrogens is 2. The number of ether oxygens (including phenoxy) is 1. The first-order chi connectivity index (χ1) is 10.2. The van der Waals surface area contributed by atoms with Gasteiger partial charge in [-0.3, -0.25) is 0 Å². The number of nitrogens with zero attached hydrogens (tertiary/aromatic N) is 2. The van der Waals surface area contributed by atoms with Gasteiger partial charge in [-0.25, -0.2) is 9.97 Å². The van der Waals surface area contributed by atoms with E-state index in [2.05, 4.69) is 29.1 Å². The number of fused-ring (bicyclic) bond motifs is 1. The minimum absolute atomic E-state index is 0.366. The molecule has 3 rings (SSSR count). The lowest BCUT2D eigenvalue weighted by Crippen LogP contribution is -2.04. The number of hydrogen-bond donors (Lipinski definition) is 1. The molecule has 21 heavy (non-hydrogen) atoms. The van der Waals surface area contributed by atoms with Gasteiger partial charge in [0.2, 0.25) is 0 Å². The van der Waals surface area contributed by atoms with Crippen LogP contribution in [0.25, 0.3) is 10.2 Å². The van der Waals surface area contributed by atoms with Crippen LogP contribution in [0.2, 0.25) is 0 Å². The van der Waals surface area contributed by atoms with Crippen LogP contribution >= 0.6 is 11.3 Å². The van der Waals surface area contributed by atoms with E-state index in [0.717, 1.165) is 21.8 Å². The van der Waals surface area contributed by atoms with E-state index >= 15 is 0 Å². The lowest BCUT2D eigenvalue weighted by molar-refractivity contribution is 0.296. The Morgan fingerprint density at radius 1 is 1.14 bits per heavy atom. The standard InChI is InChI=1S/C16H17N3OS/c1-10-11(2)21-16-14(10)15(17-3)18-13(19-16)9-20-12-7-5-4-6-8-12/h4-8H,9H2,1-3H3,(H,17,18,19). The highest BCUT2D eigenvalue weighted by Crippen LogP contribution is 2.33. The average Bonchev–Trinajstić information content (AvgIpc) is 2.80. The second kappa shape index (κ2) is 5.69. The van der Waals surface area contributed by atoms with E-state index in [-0.39, 0.29) is 0 Å². The van der Waals surface area contributed by atoms with Crippen molar-refractivity contribution in [3.8, 4) is 5.75 Å². The molecule has 0 aliphatic rings. The highest BCUT2D eigenvalue weighted by atomic mass is 32.1. The maximum absolute atomic E-state index is 5.73. The zero-order chi connectivity index (χ0) is 14.8. The van der Waals surface area contributed by atoms with Gasteiger partial charge >= 0.3 is 0 Å². The Balaban J connectivity index is 1.93. The van der Waals surface area contributed by atoms with Crippen LogP contribution in [-0.2, 0) is 6.61 Å². The van der Waals surface area contributed by atoms with Gasteiger partial charge in [-0.05, 0) is 31.5 Å². The number of rotatable bonds is 4. The third kappa shape index (κ3) is 2.69. The van der Waals surface area contributed by atoms with Crippen LogP contribution in [0.1, 0.15) is 16.3 Å². The molecule has 1 aromatic carbocycles. The summed E-state index contributed by atoms with van der Waals surface area (Å²) in [5, 5.41) is 4.28. The number of aryl methyl sites for hydroxylation is 2. The maximum atomic E-state index is 5.73. The quantitative estimate of drug-likeness (QED) is 0.793. The molecule has 3 aromatic rings. The smallest absolute Gasteiger partial charge is 0.169 e. The molecule has 0 spiro atoms. The highest BCUT2D eigenvalue weighted by molar-refractivity contribution is 7.18. The van der Waals surface area contributed by atoms with Crippen LogP contribution in [0.3, 0.4) is 0 Å². The molecule has 0 unspecified atom stereocenters. The highest BCUT2D eigenvalue weighted by Gasteiger charge is 2.13. The van der Waals surface area contributed by atoms with Crippen molar-refractivity contribution in [2.45, 2.75) is 20.5 Å². The monoisotopic (exact) mass is 299 g/mol. The largest absolute Gasteiger partial charge is 0.486 e. The molecule has 1 N–H and O–H groups in total. The molecule has 5 heteroatoms. The zero-order valence-corrected chi connectivity index (χ0v) is 13.1. The van der Waals surface area contributed by atoms with E-state index < -0.39 is 0 Å². The van der Waals surface area contributed by atoms with Crippen molar-refractivity contribution >= 4 is 27.4 Å². The second-order valence-electron chi connectivity index (χ2n) is 4.80. The van der Waals surface area contributed by atoms with Crippen LogP contribution in [0.15, 0.2) is 30.3 Å². The van der Waals surface area contributed by atoms with Crippen molar-refractivity contribution in [3.63, 3.8) is 0 Å². The second-order valence-corrected chi connectivity index (χ2v) is 6.01. The van der Waals surface area contributed by atoms with Crippen molar-refractivity contribution in [1.82, 2.24) is 9.97 Å². The molecule has 0 radical (unpaired) electrons. The van der Waals surface area contributed by atoms with Crippen molar-refractivity contribution in [1.29, 1.82) is 0 Å². The molecule has 0 amide bonds. The number of anilines is 1. The molecule has 108 valence electrons. The Hall–Kier alpha value is -2.14. The lowest BCUT2D eigenvalue weighted by Gasteiger charge is -2.08. The molecule has 0 saturated carbocycles. The third-order valence-electron chi connectivity index (χ3n) is 3.42. The van der Waals surface area contributed by atoms with E-state index in [1.54, 1.807) is 11.3 Å². The normalized spacial score (nSPS) is 10.8. The van der Waals surface area contributed by atoms with Gasteiger partial charge in [0.25, 0.3) is 0 Å². The molecule has 0 aliphatic heterocycles. The Bertz CT molecular complexity index is 768. The molecule has 2 heterocycles. The Morgan fingerprint density at radius 3 is 2.62 bits per heavy atom. The minimum atomic E-state index is 0.366. The Kier molecular flexibility index (Phi) is 3.75. The van der Waals surface area contributed by atoms with Crippen LogP contribution in [-0.4, -0.2) is 17.0 Å². The molecule has 0 aliphatic carbocycles. The van der Waals surface area contributed by atoms with Gasteiger partial charge in [0.1, 0.15) is 23.0 Å². The summed E-state index contributed by atoms with van der Waals surface area (Å²) < 4.78 is 5.73. The van der Waals surface area contributed by atoms with E-state index in [1.165, 1.54) is 10.4 Å². The van der Waals surface area contributed by atoms with Crippen LogP contribution in [0.4, 0.5) is 5.82 Å². The van der Waals surface area contributed by atoms with Crippen molar-refractivity contribution in [2.24, 2.45) is 0 Å². The summed E-state index contributed by atoms with van der Waals surface area (Å²) in [5.74, 6) is 2.39. The van der Waals surface area contributed by atoms with Gasteiger partial charge in [0.05, 0.1) is 5.39 Å². The SMILES string of the molecule is CNc1nc(COc2ccccc2)nc2sc(C)c(C)c12. The summed E-state index contributed by atoms with van der Waals surface area (Å²) in [6, 6.07) is 9.72. The van der Waals surface area contributed by atoms with Crippen LogP contribution in [0.5, 0.6) is 5.75 Å². The van der Waals surface area contributed by atoms with Gasteiger partial charge in [-0.2, -0.15) is 0 Å². The van der Waals surface area contributed by atoms with Crippen LogP contribution < -0.4 is 10.1 Å². The van der Waals surface area contributed by atoms with Crippen molar-refractivity contribution in [3.05, 3.63) is 46.6 Å². The fraction of sp³-hybridized carbons (Fsp3) is 0.250. The number of hydrogen-bond acceptors (Lipinski definition) is 5. The summed E-state index contributed by atoms with van der Waals surface area (Å²) in [7, 11) is 1.88. The predicted molar refractivity (Wildman–Crippen MR) is 87.2 cm³/mol. The van der Waals surface area contributed by atoms with E-state index in [0.29, 0.717) is 12.4 Å². The van der Waals surface area contributed by atoms with Crippen molar-refractivity contribution < 1.29 is 4.74 Å². The van der Waals surface area contributed by atoms with Crippen LogP contribution in [0, 0.1) is 13.8 Å². The molecule has 0 bridgehead atoms. The van der Waals surface area contributed by atoms with E-state index in [9.17, 15) is 0 Å². The van der Waals surface area contributed by atoms with Gasteiger partial charge < -0.3 is 10.1 Å². The fourth-order valence-corrected chi connectivity index (χ4v) is 3.25. The van der Waals surface area contributed by atoms with E-state index in [4.69, 9.17) is 4.74 Å². The topological polar surface area (TPSA) is 47.0 Å². The molecular weight excluding hydrogens is 282 g/mol. The Morgan fingerprint density at radius 2 is 1.90 bits per heavy atom. The minimum Gasteiger partial charge on any atom is -0.486 e. The molecule has 0 saturated heterocycles. The van der Waals surface area contributed by atoms with Gasteiger partial charge in [-0.1, -0.05) is 18.2 Å². The van der Waals surface area contributed by atoms with Gasteiger partial charge in [0, 0.05) is 11.9 Å². The number of para-hydroxylation sites is 1. The Labute approximate surface area is 127 Å². The average molecular weight is 299 g/mol. The number of nitrogens with one attached hydrogen (secondary N) is 1. The summed E-state index contributed by atoms with van der Waals surface area (Å²) >= 11 is 1.70. The van der Waals surface area contributed by atoms with Gasteiger partial charge in [0.15, 0.2) is 5.82 Å². The first kappa shape index (κ1) is 13.8. The summed E-state index contributed by atoms with van der Waals surface area (Å²) in [5.41, 5.74) is 1.25. The lowest BCUT2D eigenvalue weighted by atomic mass is 10.2. The van der Waals surface area contributed by atoms with E-state index in [1.807, 2.05) is 37.4 Å². The van der Waals surface area contributed by atoms with Crippen molar-refractivity contribution in [2.75, 3.05) is 12.4 Å². The van der Waals surface area contributed by atoms with Gasteiger partial charge in [-0.15, -0.1) is 11.3 Å². The molecule has 0 atom stereocenters. The zero-order valence-electron chi connectivity index (χ0n) is 12.3. The first-order valence-electron chi connectivity index (χ1n) is 6.81. The third-order valence-corrected chi connectivity index (χ3v) is 4.52.